The molecule has 12 nitrogen and oxygen atoms in total. The van der Waals surface area contributed by atoms with Gasteiger partial charge in [0.2, 0.25) is 11.8 Å². The number of aliphatic carboxylic acids is 1. The van der Waals surface area contributed by atoms with Crippen molar-refractivity contribution in [1.82, 2.24) is 20.7 Å². The number of aryl methyl sites for hydroxylation is 2. The molecule has 3 aromatic rings. The van der Waals surface area contributed by atoms with E-state index in [1.54, 1.807) is 31.2 Å². The Labute approximate surface area is 281 Å². The minimum atomic E-state index is -3.68. The number of allylic oxidation sites excluding steroid dienone is 1. The van der Waals surface area contributed by atoms with Gasteiger partial charge in [0.05, 0.1) is 18.7 Å². The van der Waals surface area contributed by atoms with E-state index in [4.69, 9.17) is 5.11 Å². The van der Waals surface area contributed by atoms with E-state index < -0.39 is 28.1 Å². The van der Waals surface area contributed by atoms with Gasteiger partial charge in [-0.1, -0.05) is 80.2 Å². The van der Waals surface area contributed by atoms with Crippen molar-refractivity contribution in [3.63, 3.8) is 0 Å². The molecular formula is C35H43N5O7S. The van der Waals surface area contributed by atoms with Crippen molar-refractivity contribution in [3.8, 4) is 0 Å². The lowest BCUT2D eigenvalue weighted by Gasteiger charge is -2.19. The molecule has 256 valence electrons. The molecule has 3 amide bonds. The zero-order valence-corrected chi connectivity index (χ0v) is 28.0. The average Bonchev–Trinajstić information content (AvgIpc) is 3.34. The molecule has 3 aromatic carbocycles. The van der Waals surface area contributed by atoms with Crippen LogP contribution in [0.1, 0.15) is 42.5 Å². The van der Waals surface area contributed by atoms with Crippen LogP contribution >= 0.6 is 0 Å². The van der Waals surface area contributed by atoms with Gasteiger partial charge in [0.25, 0.3) is 5.91 Å². The Morgan fingerprint density at radius 1 is 0.896 bits per heavy atom. The van der Waals surface area contributed by atoms with Gasteiger partial charge in [-0.3, -0.25) is 19.2 Å². The largest absolute Gasteiger partial charge is 0.481 e. The Kier molecular flexibility index (Phi) is 14.2. The van der Waals surface area contributed by atoms with E-state index in [0.29, 0.717) is 30.8 Å². The Balaban J connectivity index is 0.000000324. The van der Waals surface area contributed by atoms with Gasteiger partial charge in [-0.25, -0.2) is 9.03 Å². The fraction of sp³-hybridized carbons (Fsp3) is 0.314. The number of amides is 3. The summed E-state index contributed by atoms with van der Waals surface area (Å²) in [7, 11) is -3.68. The molecule has 1 aliphatic heterocycles. The molecule has 0 radical (unpaired) electrons. The van der Waals surface area contributed by atoms with Gasteiger partial charge in [0.1, 0.15) is 12.6 Å². The third kappa shape index (κ3) is 12.6. The number of hydrogen-bond acceptors (Lipinski definition) is 7. The molecule has 48 heavy (non-hydrogen) atoms. The molecule has 1 atom stereocenters. The van der Waals surface area contributed by atoms with Crippen LogP contribution in [-0.2, 0) is 55.1 Å². The Hall–Kier alpha value is -5.17. The molecule has 0 bridgehead atoms. The maximum Gasteiger partial charge on any atom is 0.326 e. The summed E-state index contributed by atoms with van der Waals surface area (Å²) in [5.41, 5.74) is 5.20. The molecule has 0 aromatic heterocycles. The summed E-state index contributed by atoms with van der Waals surface area (Å²) in [5, 5.41) is 17.4. The van der Waals surface area contributed by atoms with E-state index in [1.807, 2.05) is 66.2 Å². The predicted octanol–water partition coefficient (Wildman–Crippen LogP) is 2.64. The van der Waals surface area contributed by atoms with Crippen LogP contribution < -0.4 is 25.0 Å². The smallest absolute Gasteiger partial charge is 0.326 e. The Bertz CT molecular complexity index is 1660. The Morgan fingerprint density at radius 2 is 1.50 bits per heavy atom. The third-order valence-electron chi connectivity index (χ3n) is 7.29. The van der Waals surface area contributed by atoms with Crippen LogP contribution in [0.3, 0.4) is 0 Å². The van der Waals surface area contributed by atoms with Crippen LogP contribution in [0.15, 0.2) is 91.1 Å². The summed E-state index contributed by atoms with van der Waals surface area (Å²) in [6, 6.07) is 23.8. The van der Waals surface area contributed by atoms with Crippen LogP contribution in [0.4, 0.5) is 5.69 Å². The van der Waals surface area contributed by atoms with Gasteiger partial charge < -0.3 is 21.1 Å². The first kappa shape index (κ1) is 37.3. The van der Waals surface area contributed by atoms with Crippen molar-refractivity contribution in [2.24, 2.45) is 0 Å². The number of carbonyl (C=O) groups excluding carboxylic acids is 3. The highest BCUT2D eigenvalue weighted by atomic mass is 32.2. The number of carbonyl (C=O) groups is 4. The number of carboxylic acid groups (broad SMARTS) is 1. The quantitative estimate of drug-likeness (QED) is 0.163. The van der Waals surface area contributed by atoms with Crippen molar-refractivity contribution in [2.75, 3.05) is 23.9 Å². The second-order valence-electron chi connectivity index (χ2n) is 11.3. The number of hydrogen-bond donors (Lipinski definition) is 5. The third-order valence-corrected chi connectivity index (χ3v) is 8.70. The van der Waals surface area contributed by atoms with Gasteiger partial charge in [-0.15, -0.1) is 0 Å². The molecule has 1 aliphatic rings. The van der Waals surface area contributed by atoms with E-state index >= 15 is 0 Å². The minimum absolute atomic E-state index is 0.0106. The summed E-state index contributed by atoms with van der Waals surface area (Å²) in [6.07, 6.45) is 2.82. The lowest BCUT2D eigenvalue weighted by atomic mass is 10.0. The van der Waals surface area contributed by atoms with Gasteiger partial charge in [0, 0.05) is 12.2 Å². The van der Waals surface area contributed by atoms with Crippen molar-refractivity contribution in [2.45, 2.75) is 52.0 Å². The molecule has 1 heterocycles. The molecule has 0 saturated carbocycles. The van der Waals surface area contributed by atoms with Crippen LogP contribution in [0.2, 0.25) is 0 Å². The minimum Gasteiger partial charge on any atom is -0.481 e. The number of nitrogens with zero attached hydrogens (tertiary/aromatic N) is 1. The molecule has 0 aliphatic carbocycles. The topological polar surface area (TPSA) is 174 Å². The second-order valence-corrected chi connectivity index (χ2v) is 12.9. The fourth-order valence-corrected chi connectivity index (χ4v) is 5.94. The summed E-state index contributed by atoms with van der Waals surface area (Å²) >= 11 is 0. The molecule has 1 unspecified atom stereocenters. The maximum absolute atomic E-state index is 12.6. The van der Waals surface area contributed by atoms with Gasteiger partial charge in [-0.2, -0.15) is 8.42 Å². The molecule has 5 N–H and O–H groups in total. The highest BCUT2D eigenvalue weighted by Gasteiger charge is 2.33. The van der Waals surface area contributed by atoms with Crippen molar-refractivity contribution in [1.29, 1.82) is 0 Å². The number of carboxylic acids is 1. The standard InChI is InChI=1S/C25H31N3O4.C10H12N2O3S/c1-18(2)28-22(13-12-19-6-4-3-5-7-19)25(32)27-17-23(29)26-15-14-20-8-10-21(11-9-20)16-24(30)31;1-2-8-3-5-9(6-4-8)12-7-10(13)11-16(12,14)15/h3-11,22,28H,1,12-17H2,2H3,(H,26,29)(H,27,32)(H,30,31);3-6H,2,7H2,1H3,(H,11,13). The average molecular weight is 678 g/mol. The first-order chi connectivity index (χ1) is 22.9. The molecular weight excluding hydrogens is 634 g/mol. The van der Waals surface area contributed by atoms with E-state index in [9.17, 15) is 27.6 Å². The highest BCUT2D eigenvalue weighted by molar-refractivity contribution is 7.92. The van der Waals surface area contributed by atoms with Crippen molar-refractivity contribution in [3.05, 3.63) is 113 Å². The van der Waals surface area contributed by atoms with Crippen molar-refractivity contribution < 1.29 is 32.7 Å². The predicted molar refractivity (Wildman–Crippen MR) is 184 cm³/mol. The lowest BCUT2D eigenvalue weighted by molar-refractivity contribution is -0.136. The van der Waals surface area contributed by atoms with E-state index in [1.165, 1.54) is 0 Å². The number of rotatable bonds is 15. The molecule has 4 rings (SSSR count). The van der Waals surface area contributed by atoms with Gasteiger partial charge in [-0.05, 0) is 67.0 Å². The van der Waals surface area contributed by atoms with Crippen LogP contribution in [0, 0.1) is 0 Å². The zero-order valence-electron chi connectivity index (χ0n) is 27.2. The summed E-state index contributed by atoms with van der Waals surface area (Å²) in [6.45, 7) is 7.81. The van der Waals surface area contributed by atoms with Crippen LogP contribution in [-0.4, -0.2) is 62.9 Å². The number of anilines is 1. The van der Waals surface area contributed by atoms with Gasteiger partial charge >= 0.3 is 16.2 Å². The fourth-order valence-electron chi connectivity index (χ4n) is 4.79. The number of nitrogens with one attached hydrogen (secondary N) is 4. The summed E-state index contributed by atoms with van der Waals surface area (Å²) in [5.74, 6) is -1.88. The van der Waals surface area contributed by atoms with Gasteiger partial charge in [0.15, 0.2) is 0 Å². The molecule has 1 saturated heterocycles. The molecule has 13 heteroatoms. The van der Waals surface area contributed by atoms with Crippen LogP contribution in [0.25, 0.3) is 0 Å². The maximum atomic E-state index is 12.6. The first-order valence-corrected chi connectivity index (χ1v) is 17.0. The van der Waals surface area contributed by atoms with E-state index in [-0.39, 0.29) is 31.3 Å². The Morgan fingerprint density at radius 3 is 2.06 bits per heavy atom. The number of benzene rings is 3. The summed E-state index contributed by atoms with van der Waals surface area (Å²) in [4.78, 5) is 46.4. The van der Waals surface area contributed by atoms with Crippen LogP contribution in [0.5, 0.6) is 0 Å². The monoisotopic (exact) mass is 677 g/mol. The molecule has 0 spiro atoms. The molecule has 1 fully saturated rings. The van der Waals surface area contributed by atoms with Crippen molar-refractivity contribution >= 4 is 39.6 Å². The normalized spacial score (nSPS) is 13.7. The lowest BCUT2D eigenvalue weighted by Crippen LogP contribution is -2.47. The first-order valence-electron chi connectivity index (χ1n) is 15.6. The van der Waals surface area contributed by atoms with E-state index in [0.717, 1.165) is 39.4 Å². The highest BCUT2D eigenvalue weighted by Crippen LogP contribution is 2.20. The SMILES string of the molecule is C=C(C)NC(CCc1ccccc1)C(=O)NCC(=O)NCCc1ccc(CC(=O)O)cc1.CCc1ccc(N2CC(=O)NS2(=O)=O)cc1. The second kappa shape index (κ2) is 18.2. The summed E-state index contributed by atoms with van der Waals surface area (Å²) < 4.78 is 26.0. The van der Waals surface area contributed by atoms with E-state index in [2.05, 4.69) is 22.5 Å². The zero-order chi connectivity index (χ0) is 35.1.